The molecule has 5 nitrogen and oxygen atoms in total. The van der Waals surface area contributed by atoms with Crippen molar-refractivity contribution in [3.8, 4) is 0 Å². The number of carbonyl (C=O) groups excluding carboxylic acids is 2. The van der Waals surface area contributed by atoms with E-state index in [1.807, 2.05) is 12.1 Å². The van der Waals surface area contributed by atoms with Crippen molar-refractivity contribution in [2.75, 3.05) is 26.2 Å². The van der Waals surface area contributed by atoms with Crippen molar-refractivity contribution in [1.82, 2.24) is 10.2 Å². The number of nitrogens with zero attached hydrogens (tertiary/aromatic N) is 1. The van der Waals surface area contributed by atoms with E-state index in [2.05, 4.69) is 53.8 Å². The molecule has 3 rings (SSSR count). The third-order valence-electron chi connectivity index (χ3n) is 4.88. The highest BCUT2D eigenvalue weighted by atomic mass is 16.5. The van der Waals surface area contributed by atoms with Gasteiger partial charge in [-0.3, -0.25) is 9.59 Å². The fraction of sp³-hybridized carbons (Fsp3) is 0.364. The lowest BCUT2D eigenvalue weighted by Crippen LogP contribution is -2.49. The Hall–Kier alpha value is -2.66. The summed E-state index contributed by atoms with van der Waals surface area (Å²) >= 11 is 0. The second kappa shape index (κ2) is 9.33. The first kappa shape index (κ1) is 19.1. The number of morpholine rings is 1. The molecule has 1 heterocycles. The molecule has 0 aliphatic carbocycles. The highest BCUT2D eigenvalue weighted by molar-refractivity contribution is 5.83. The summed E-state index contributed by atoms with van der Waals surface area (Å²) in [6, 6.07) is 20.8. The fourth-order valence-corrected chi connectivity index (χ4v) is 3.50. The molecule has 1 N–H and O–H groups in total. The van der Waals surface area contributed by atoms with Crippen LogP contribution in [-0.4, -0.2) is 49.1 Å². The number of carbonyl (C=O) groups is 2. The van der Waals surface area contributed by atoms with E-state index in [1.165, 1.54) is 18.1 Å². The number of rotatable bonds is 6. The van der Waals surface area contributed by atoms with Crippen LogP contribution in [0, 0.1) is 0 Å². The van der Waals surface area contributed by atoms with Crippen LogP contribution in [0.2, 0.25) is 0 Å². The maximum atomic E-state index is 12.3. The molecule has 0 spiro atoms. The number of benzene rings is 2. The first-order chi connectivity index (χ1) is 13.1. The minimum Gasteiger partial charge on any atom is -0.375 e. The summed E-state index contributed by atoms with van der Waals surface area (Å²) in [4.78, 5) is 25.2. The zero-order valence-electron chi connectivity index (χ0n) is 15.6. The summed E-state index contributed by atoms with van der Waals surface area (Å²) in [6.45, 7) is 3.10. The summed E-state index contributed by atoms with van der Waals surface area (Å²) in [7, 11) is 0. The smallest absolute Gasteiger partial charge is 0.242 e. The van der Waals surface area contributed by atoms with Gasteiger partial charge in [-0.15, -0.1) is 0 Å². The van der Waals surface area contributed by atoms with Crippen LogP contribution in [0.3, 0.4) is 0 Å². The molecule has 1 atom stereocenters. The first-order valence-electron chi connectivity index (χ1n) is 9.37. The summed E-state index contributed by atoms with van der Waals surface area (Å²) in [5, 5.41) is 2.58. The van der Waals surface area contributed by atoms with Crippen LogP contribution < -0.4 is 5.32 Å². The normalized spacial score (nSPS) is 17.0. The maximum Gasteiger partial charge on any atom is 0.242 e. The standard InChI is InChI=1S/C22H26N2O3/c1-17(25)23-15-22(26)24-12-13-27-20(16-24)14-21(18-8-4-2-5-9-18)19-10-6-3-7-11-19/h2-11,20-21H,12-16H2,1H3,(H,23,25)/t20-/m1/s1. The Kier molecular flexibility index (Phi) is 6.60. The zero-order valence-corrected chi connectivity index (χ0v) is 15.6. The van der Waals surface area contributed by atoms with Crippen molar-refractivity contribution < 1.29 is 14.3 Å². The fourth-order valence-electron chi connectivity index (χ4n) is 3.50. The van der Waals surface area contributed by atoms with Crippen LogP contribution in [0.1, 0.15) is 30.4 Å². The summed E-state index contributed by atoms with van der Waals surface area (Å²) < 4.78 is 5.98. The van der Waals surface area contributed by atoms with Gasteiger partial charge in [-0.1, -0.05) is 60.7 Å². The number of hydrogen-bond acceptors (Lipinski definition) is 3. The van der Waals surface area contributed by atoms with Crippen LogP contribution in [-0.2, 0) is 14.3 Å². The summed E-state index contributed by atoms with van der Waals surface area (Å²) in [5.41, 5.74) is 2.49. The maximum absolute atomic E-state index is 12.3. The van der Waals surface area contributed by atoms with Crippen molar-refractivity contribution in [2.45, 2.75) is 25.4 Å². The SMILES string of the molecule is CC(=O)NCC(=O)N1CCO[C@H](CC(c2ccccc2)c2ccccc2)C1. The molecule has 0 unspecified atom stereocenters. The lowest BCUT2D eigenvalue weighted by Gasteiger charge is -2.35. The van der Waals surface area contributed by atoms with Crippen LogP contribution in [0.4, 0.5) is 0 Å². The van der Waals surface area contributed by atoms with Crippen LogP contribution in [0.25, 0.3) is 0 Å². The van der Waals surface area contributed by atoms with Crippen LogP contribution in [0.15, 0.2) is 60.7 Å². The zero-order chi connectivity index (χ0) is 19.1. The van der Waals surface area contributed by atoms with Gasteiger partial charge < -0.3 is 15.0 Å². The number of amides is 2. The van der Waals surface area contributed by atoms with Gasteiger partial charge in [0.25, 0.3) is 0 Å². The topological polar surface area (TPSA) is 58.6 Å². The van der Waals surface area contributed by atoms with E-state index in [1.54, 1.807) is 4.90 Å². The predicted octanol–water partition coefficient (Wildman–Crippen LogP) is 2.57. The second-order valence-corrected chi connectivity index (χ2v) is 6.85. The second-order valence-electron chi connectivity index (χ2n) is 6.85. The minimum absolute atomic E-state index is 0.0366. The molecular weight excluding hydrogens is 340 g/mol. The average molecular weight is 366 g/mol. The molecule has 0 aromatic heterocycles. The van der Waals surface area contributed by atoms with Gasteiger partial charge in [0, 0.05) is 25.9 Å². The molecule has 1 aliphatic heterocycles. The highest BCUT2D eigenvalue weighted by Crippen LogP contribution is 2.30. The molecule has 2 aromatic carbocycles. The van der Waals surface area contributed by atoms with Gasteiger partial charge in [0.1, 0.15) is 0 Å². The van der Waals surface area contributed by atoms with Crippen LogP contribution in [0.5, 0.6) is 0 Å². The number of ether oxygens (including phenoxy) is 1. The Morgan fingerprint density at radius 2 is 1.67 bits per heavy atom. The Morgan fingerprint density at radius 3 is 2.22 bits per heavy atom. The van der Waals surface area contributed by atoms with E-state index in [4.69, 9.17) is 4.74 Å². The molecule has 0 saturated carbocycles. The molecule has 5 heteroatoms. The molecule has 1 fully saturated rings. The Labute approximate surface area is 160 Å². The van der Waals surface area contributed by atoms with E-state index in [-0.39, 0.29) is 30.4 Å². The van der Waals surface area contributed by atoms with Crippen LogP contribution >= 0.6 is 0 Å². The Balaban J connectivity index is 1.70. The molecule has 1 saturated heterocycles. The molecule has 27 heavy (non-hydrogen) atoms. The first-order valence-corrected chi connectivity index (χ1v) is 9.37. The van der Waals surface area contributed by atoms with Crippen molar-refractivity contribution in [1.29, 1.82) is 0 Å². The molecular formula is C22H26N2O3. The lowest BCUT2D eigenvalue weighted by atomic mass is 9.86. The largest absolute Gasteiger partial charge is 0.375 e. The predicted molar refractivity (Wildman–Crippen MR) is 104 cm³/mol. The number of hydrogen-bond donors (Lipinski definition) is 1. The molecule has 0 radical (unpaired) electrons. The molecule has 2 aromatic rings. The third-order valence-corrected chi connectivity index (χ3v) is 4.88. The van der Waals surface area contributed by atoms with Gasteiger partial charge in [-0.05, 0) is 17.5 Å². The molecule has 142 valence electrons. The van der Waals surface area contributed by atoms with Crippen molar-refractivity contribution in [3.63, 3.8) is 0 Å². The Morgan fingerprint density at radius 1 is 1.07 bits per heavy atom. The number of nitrogens with one attached hydrogen (secondary N) is 1. The summed E-state index contributed by atoms with van der Waals surface area (Å²) in [5.74, 6) is -0.0429. The van der Waals surface area contributed by atoms with Gasteiger partial charge >= 0.3 is 0 Å². The van der Waals surface area contributed by atoms with Gasteiger partial charge in [-0.25, -0.2) is 0 Å². The van der Waals surface area contributed by atoms with Crippen molar-refractivity contribution in [2.24, 2.45) is 0 Å². The van der Waals surface area contributed by atoms with E-state index in [9.17, 15) is 9.59 Å². The van der Waals surface area contributed by atoms with Crippen molar-refractivity contribution >= 4 is 11.8 Å². The van der Waals surface area contributed by atoms with E-state index in [0.717, 1.165) is 6.42 Å². The molecule has 1 aliphatic rings. The van der Waals surface area contributed by atoms with Gasteiger partial charge in [0.2, 0.25) is 11.8 Å². The molecule has 0 bridgehead atoms. The van der Waals surface area contributed by atoms with E-state index in [0.29, 0.717) is 19.7 Å². The quantitative estimate of drug-likeness (QED) is 0.855. The monoisotopic (exact) mass is 366 g/mol. The van der Waals surface area contributed by atoms with E-state index >= 15 is 0 Å². The average Bonchev–Trinajstić information content (AvgIpc) is 2.71. The van der Waals surface area contributed by atoms with E-state index < -0.39 is 0 Å². The summed E-state index contributed by atoms with van der Waals surface area (Å²) in [6.07, 6.45) is 0.767. The highest BCUT2D eigenvalue weighted by Gasteiger charge is 2.27. The van der Waals surface area contributed by atoms with Gasteiger partial charge in [0.05, 0.1) is 19.3 Å². The third kappa shape index (κ3) is 5.41. The Bertz CT molecular complexity index is 709. The van der Waals surface area contributed by atoms with Gasteiger partial charge in [0.15, 0.2) is 0 Å². The van der Waals surface area contributed by atoms with Crippen molar-refractivity contribution in [3.05, 3.63) is 71.8 Å². The van der Waals surface area contributed by atoms with Gasteiger partial charge in [-0.2, -0.15) is 0 Å². The lowest BCUT2D eigenvalue weighted by molar-refractivity contribution is -0.139. The minimum atomic E-state index is -0.193. The molecule has 2 amide bonds.